The summed E-state index contributed by atoms with van der Waals surface area (Å²) in [6, 6.07) is 4.14. The molecule has 0 spiro atoms. The number of aromatic nitrogens is 1. The predicted molar refractivity (Wildman–Crippen MR) is 74.4 cm³/mol. The van der Waals surface area contributed by atoms with Crippen LogP contribution < -0.4 is 5.32 Å². The molecule has 0 unspecified atom stereocenters. The molecule has 0 amide bonds. The molecule has 0 aliphatic rings. The Balaban J connectivity index is 2.26. The second kappa shape index (κ2) is 5.67. The number of aryl methyl sites for hydroxylation is 1. The topological polar surface area (TPSA) is 34.2 Å². The van der Waals surface area contributed by atoms with Crippen LogP contribution in [0.1, 0.15) is 12.5 Å². The van der Waals surface area contributed by atoms with Gasteiger partial charge in [0.1, 0.15) is 5.52 Å². The minimum atomic E-state index is 0.671. The number of ether oxygens (including phenoxy) is 1. The molecular weight excluding hydrogens is 256 g/mol. The molecule has 0 aliphatic heterocycles. The normalized spacial score (nSPS) is 11.0. The Morgan fingerprint density at radius 2 is 2.29 bits per heavy atom. The molecule has 0 saturated carbocycles. The maximum atomic E-state index is 6.21. The smallest absolute Gasteiger partial charge is 0.183 e. The van der Waals surface area contributed by atoms with Crippen molar-refractivity contribution in [1.29, 1.82) is 0 Å². The van der Waals surface area contributed by atoms with Crippen LogP contribution in [-0.4, -0.2) is 25.2 Å². The van der Waals surface area contributed by atoms with E-state index in [9.17, 15) is 0 Å². The van der Waals surface area contributed by atoms with E-state index in [1.54, 1.807) is 18.4 Å². The third-order valence-corrected chi connectivity index (χ3v) is 3.75. The first-order chi connectivity index (χ1) is 8.24. The van der Waals surface area contributed by atoms with Crippen molar-refractivity contribution in [2.24, 2.45) is 0 Å². The van der Waals surface area contributed by atoms with Crippen LogP contribution >= 0.6 is 22.9 Å². The van der Waals surface area contributed by atoms with E-state index in [1.165, 1.54) is 5.56 Å². The Morgan fingerprint density at radius 3 is 3.00 bits per heavy atom. The van der Waals surface area contributed by atoms with Crippen LogP contribution in [-0.2, 0) is 11.2 Å². The number of halogens is 1. The first-order valence-corrected chi connectivity index (χ1v) is 6.75. The molecule has 1 heterocycles. The fourth-order valence-corrected chi connectivity index (χ4v) is 2.90. The van der Waals surface area contributed by atoms with Gasteiger partial charge in [0.25, 0.3) is 0 Å². The van der Waals surface area contributed by atoms with E-state index in [-0.39, 0.29) is 0 Å². The number of rotatable bonds is 5. The highest BCUT2D eigenvalue weighted by atomic mass is 35.5. The highest BCUT2D eigenvalue weighted by molar-refractivity contribution is 7.22. The molecule has 0 bridgehead atoms. The van der Waals surface area contributed by atoms with Gasteiger partial charge in [0.15, 0.2) is 5.13 Å². The lowest BCUT2D eigenvalue weighted by atomic mass is 10.2. The molecule has 1 aromatic carbocycles. The quantitative estimate of drug-likeness (QED) is 0.844. The summed E-state index contributed by atoms with van der Waals surface area (Å²) in [6.45, 7) is 3.55. The average molecular weight is 271 g/mol. The maximum Gasteiger partial charge on any atom is 0.183 e. The van der Waals surface area contributed by atoms with Crippen molar-refractivity contribution in [2.45, 2.75) is 13.3 Å². The molecule has 0 radical (unpaired) electrons. The van der Waals surface area contributed by atoms with E-state index in [2.05, 4.69) is 23.3 Å². The number of hydrogen-bond donors (Lipinski definition) is 1. The van der Waals surface area contributed by atoms with Crippen molar-refractivity contribution in [3.8, 4) is 0 Å². The SMILES string of the molecule is CCc1cc(Cl)c2nc(NCCOC)sc2c1. The summed E-state index contributed by atoms with van der Waals surface area (Å²) in [6.07, 6.45) is 0.986. The molecule has 0 atom stereocenters. The largest absolute Gasteiger partial charge is 0.383 e. The van der Waals surface area contributed by atoms with Crippen LogP contribution in [0.2, 0.25) is 5.02 Å². The summed E-state index contributed by atoms with van der Waals surface area (Å²) in [7, 11) is 1.68. The highest BCUT2D eigenvalue weighted by Crippen LogP contribution is 2.32. The first kappa shape index (κ1) is 12.6. The standard InChI is InChI=1S/C12H15ClN2OS/c1-3-8-6-9(13)11-10(7-8)17-12(15-11)14-4-5-16-2/h6-7H,3-5H2,1-2H3,(H,14,15). The molecule has 1 N–H and O–H groups in total. The third kappa shape index (κ3) is 2.89. The van der Waals surface area contributed by atoms with Crippen molar-refractivity contribution >= 4 is 38.3 Å². The van der Waals surface area contributed by atoms with Gasteiger partial charge in [0.05, 0.1) is 16.3 Å². The predicted octanol–water partition coefficient (Wildman–Crippen LogP) is 3.57. The van der Waals surface area contributed by atoms with Gasteiger partial charge in [-0.15, -0.1) is 0 Å². The molecular formula is C12H15ClN2OS. The molecule has 5 heteroatoms. The number of anilines is 1. The molecule has 92 valence electrons. The highest BCUT2D eigenvalue weighted by Gasteiger charge is 2.08. The van der Waals surface area contributed by atoms with Crippen molar-refractivity contribution in [3.05, 3.63) is 22.7 Å². The van der Waals surface area contributed by atoms with Gasteiger partial charge < -0.3 is 10.1 Å². The Bertz CT molecular complexity index is 512. The minimum absolute atomic E-state index is 0.671. The summed E-state index contributed by atoms with van der Waals surface area (Å²) in [4.78, 5) is 4.48. The van der Waals surface area contributed by atoms with Gasteiger partial charge in [0.2, 0.25) is 0 Å². The lowest BCUT2D eigenvalue weighted by Gasteiger charge is -1.99. The van der Waals surface area contributed by atoms with E-state index in [1.807, 2.05) is 6.07 Å². The summed E-state index contributed by atoms with van der Waals surface area (Å²) < 4.78 is 6.12. The Kier molecular flexibility index (Phi) is 4.20. The number of benzene rings is 1. The van der Waals surface area contributed by atoms with Gasteiger partial charge in [-0.25, -0.2) is 4.98 Å². The van der Waals surface area contributed by atoms with Crippen molar-refractivity contribution in [3.63, 3.8) is 0 Å². The average Bonchev–Trinajstić information content (AvgIpc) is 2.72. The van der Waals surface area contributed by atoms with Gasteiger partial charge in [-0.05, 0) is 24.1 Å². The van der Waals surface area contributed by atoms with Crippen molar-refractivity contribution in [2.75, 3.05) is 25.6 Å². The van der Waals surface area contributed by atoms with E-state index in [0.717, 1.165) is 33.3 Å². The summed E-state index contributed by atoms with van der Waals surface area (Å²) in [5, 5.41) is 4.85. The number of nitrogens with one attached hydrogen (secondary N) is 1. The number of methoxy groups -OCH3 is 1. The zero-order chi connectivity index (χ0) is 12.3. The number of hydrogen-bond acceptors (Lipinski definition) is 4. The second-order valence-corrected chi connectivity index (χ2v) is 5.15. The van der Waals surface area contributed by atoms with Crippen molar-refractivity contribution < 1.29 is 4.74 Å². The molecule has 17 heavy (non-hydrogen) atoms. The summed E-state index contributed by atoms with van der Waals surface area (Å²) in [5.41, 5.74) is 2.13. The van der Waals surface area contributed by atoms with Crippen LogP contribution in [0, 0.1) is 0 Å². The van der Waals surface area contributed by atoms with E-state index in [4.69, 9.17) is 16.3 Å². The molecule has 0 fully saturated rings. The lowest BCUT2D eigenvalue weighted by molar-refractivity contribution is 0.211. The van der Waals surface area contributed by atoms with Gasteiger partial charge in [-0.1, -0.05) is 29.9 Å². The number of fused-ring (bicyclic) bond motifs is 1. The summed E-state index contributed by atoms with van der Waals surface area (Å²) in [5.74, 6) is 0. The van der Waals surface area contributed by atoms with Crippen LogP contribution in [0.25, 0.3) is 10.2 Å². The number of thiazole rings is 1. The molecule has 3 nitrogen and oxygen atoms in total. The minimum Gasteiger partial charge on any atom is -0.383 e. The molecule has 2 aromatic rings. The monoisotopic (exact) mass is 270 g/mol. The molecule has 0 aliphatic carbocycles. The fourth-order valence-electron chi connectivity index (χ4n) is 1.58. The van der Waals surface area contributed by atoms with Crippen LogP contribution in [0.5, 0.6) is 0 Å². The second-order valence-electron chi connectivity index (χ2n) is 3.72. The van der Waals surface area contributed by atoms with Crippen molar-refractivity contribution in [1.82, 2.24) is 4.98 Å². The first-order valence-electron chi connectivity index (χ1n) is 5.56. The number of nitrogens with zero attached hydrogens (tertiary/aromatic N) is 1. The van der Waals surface area contributed by atoms with Gasteiger partial charge >= 0.3 is 0 Å². The lowest BCUT2D eigenvalue weighted by Crippen LogP contribution is -2.06. The maximum absolute atomic E-state index is 6.21. The zero-order valence-electron chi connectivity index (χ0n) is 9.92. The fraction of sp³-hybridized carbons (Fsp3) is 0.417. The molecule has 1 aromatic heterocycles. The van der Waals surface area contributed by atoms with Crippen LogP contribution in [0.15, 0.2) is 12.1 Å². The molecule has 0 saturated heterocycles. The van der Waals surface area contributed by atoms with Gasteiger partial charge in [-0.2, -0.15) is 0 Å². The third-order valence-electron chi connectivity index (χ3n) is 2.50. The summed E-state index contributed by atoms with van der Waals surface area (Å²) >= 11 is 7.84. The Labute approximate surface area is 110 Å². The van der Waals surface area contributed by atoms with Crippen LogP contribution in [0.4, 0.5) is 5.13 Å². The van der Waals surface area contributed by atoms with Crippen LogP contribution in [0.3, 0.4) is 0 Å². The Hall–Kier alpha value is -0.840. The van der Waals surface area contributed by atoms with Gasteiger partial charge in [0, 0.05) is 13.7 Å². The Morgan fingerprint density at radius 1 is 1.47 bits per heavy atom. The van der Waals surface area contributed by atoms with E-state index in [0.29, 0.717) is 6.61 Å². The van der Waals surface area contributed by atoms with Gasteiger partial charge in [-0.3, -0.25) is 0 Å². The van der Waals surface area contributed by atoms with E-state index >= 15 is 0 Å². The zero-order valence-corrected chi connectivity index (χ0v) is 11.5. The molecule has 2 rings (SSSR count). The van der Waals surface area contributed by atoms with E-state index < -0.39 is 0 Å².